The second-order valence-corrected chi connectivity index (χ2v) is 7.71. The highest BCUT2D eigenvalue weighted by Gasteiger charge is 2.46. The first-order valence-corrected chi connectivity index (χ1v) is 10.2. The van der Waals surface area contributed by atoms with Crippen molar-refractivity contribution in [3.05, 3.63) is 64.7 Å². The smallest absolute Gasteiger partial charge is 0.295 e. The number of aliphatic hydroxyl groups is 1. The number of carbonyl (C=O) groups excluding carboxylic acids is 2. The largest absolute Gasteiger partial charge is 0.507 e. The molecule has 7 heteroatoms. The summed E-state index contributed by atoms with van der Waals surface area (Å²) < 4.78 is 16.1. The lowest BCUT2D eigenvalue weighted by Crippen LogP contribution is -2.32. The fourth-order valence-electron chi connectivity index (χ4n) is 4.16. The molecule has 2 aromatic rings. The molecule has 0 bridgehead atoms. The summed E-state index contributed by atoms with van der Waals surface area (Å²) in [6.45, 7) is 2.47. The summed E-state index contributed by atoms with van der Waals surface area (Å²) >= 11 is 0. The number of methoxy groups -OCH3 is 2. The number of ether oxygens (including phenoxy) is 3. The molecule has 0 aromatic heterocycles. The fourth-order valence-corrected chi connectivity index (χ4v) is 4.16. The van der Waals surface area contributed by atoms with Crippen LogP contribution in [0.2, 0.25) is 0 Å². The summed E-state index contributed by atoms with van der Waals surface area (Å²) in [5.41, 5.74) is 2.22. The minimum atomic E-state index is -0.718. The second-order valence-electron chi connectivity index (χ2n) is 7.71. The number of nitrogens with zero attached hydrogens (tertiary/aromatic N) is 1. The van der Waals surface area contributed by atoms with Gasteiger partial charge in [0.15, 0.2) is 0 Å². The Labute approximate surface area is 180 Å². The number of ketones is 1. The molecular formula is C24H25NO6. The molecule has 4 rings (SSSR count). The highest BCUT2D eigenvalue weighted by Crippen LogP contribution is 2.40. The Morgan fingerprint density at radius 1 is 1.16 bits per heavy atom. The maximum Gasteiger partial charge on any atom is 0.295 e. The van der Waals surface area contributed by atoms with Gasteiger partial charge in [-0.15, -0.1) is 0 Å². The molecule has 1 saturated heterocycles. The van der Waals surface area contributed by atoms with Gasteiger partial charge in [0.05, 0.1) is 25.3 Å². The lowest BCUT2D eigenvalue weighted by molar-refractivity contribution is -0.140. The molecule has 0 spiro atoms. The van der Waals surface area contributed by atoms with E-state index in [1.54, 1.807) is 43.5 Å². The topological polar surface area (TPSA) is 85.3 Å². The first-order valence-electron chi connectivity index (χ1n) is 10.2. The average molecular weight is 423 g/mol. The summed E-state index contributed by atoms with van der Waals surface area (Å²) in [4.78, 5) is 27.3. The van der Waals surface area contributed by atoms with E-state index in [1.807, 2.05) is 13.0 Å². The van der Waals surface area contributed by atoms with Gasteiger partial charge in [-0.25, -0.2) is 0 Å². The predicted molar refractivity (Wildman–Crippen MR) is 114 cm³/mol. The lowest BCUT2D eigenvalue weighted by Gasteiger charge is -2.25. The van der Waals surface area contributed by atoms with Crippen LogP contribution in [0.25, 0.3) is 5.76 Å². The highest BCUT2D eigenvalue weighted by atomic mass is 16.5. The summed E-state index contributed by atoms with van der Waals surface area (Å²) in [6, 6.07) is 11.7. The quantitative estimate of drug-likeness (QED) is 0.437. The summed E-state index contributed by atoms with van der Waals surface area (Å²) in [5.74, 6) is -0.125. The van der Waals surface area contributed by atoms with Crippen molar-refractivity contribution in [3.63, 3.8) is 0 Å². The van der Waals surface area contributed by atoms with Crippen LogP contribution in [0.1, 0.15) is 29.7 Å². The van der Waals surface area contributed by atoms with E-state index in [9.17, 15) is 14.7 Å². The second kappa shape index (κ2) is 8.43. The number of likely N-dealkylation sites (tertiary alicyclic amines) is 1. The zero-order valence-electron chi connectivity index (χ0n) is 17.8. The number of amides is 1. The third kappa shape index (κ3) is 3.77. The van der Waals surface area contributed by atoms with E-state index < -0.39 is 17.7 Å². The van der Waals surface area contributed by atoms with E-state index in [2.05, 4.69) is 0 Å². The minimum absolute atomic E-state index is 0.0614. The van der Waals surface area contributed by atoms with Crippen LogP contribution in [0.15, 0.2) is 48.0 Å². The van der Waals surface area contributed by atoms with Crippen molar-refractivity contribution in [3.8, 4) is 11.5 Å². The van der Waals surface area contributed by atoms with Crippen molar-refractivity contribution in [2.75, 3.05) is 27.4 Å². The fraction of sp³-hybridized carbons (Fsp3) is 0.333. The van der Waals surface area contributed by atoms with E-state index in [0.717, 1.165) is 17.7 Å². The molecule has 2 aromatic carbocycles. The molecule has 0 radical (unpaired) electrons. The number of hydrogen-bond acceptors (Lipinski definition) is 6. The third-order valence-electron chi connectivity index (χ3n) is 5.68. The number of rotatable bonds is 6. The molecule has 0 unspecified atom stereocenters. The zero-order chi connectivity index (χ0) is 22.1. The Morgan fingerprint density at radius 3 is 2.58 bits per heavy atom. The van der Waals surface area contributed by atoms with Crippen LogP contribution in [-0.2, 0) is 20.7 Å². The van der Waals surface area contributed by atoms with Gasteiger partial charge in [0.1, 0.15) is 23.4 Å². The number of benzene rings is 2. The van der Waals surface area contributed by atoms with Crippen LogP contribution in [0.4, 0.5) is 0 Å². The molecular weight excluding hydrogens is 398 g/mol. The van der Waals surface area contributed by atoms with Gasteiger partial charge in [0.25, 0.3) is 11.7 Å². The van der Waals surface area contributed by atoms with E-state index in [4.69, 9.17) is 14.2 Å². The first kappa shape index (κ1) is 20.9. The van der Waals surface area contributed by atoms with Gasteiger partial charge < -0.3 is 24.2 Å². The normalized spacial score (nSPS) is 21.8. The summed E-state index contributed by atoms with van der Waals surface area (Å²) in [5, 5.41) is 11.2. The summed E-state index contributed by atoms with van der Waals surface area (Å²) in [6.07, 6.45) is 0.784. The van der Waals surface area contributed by atoms with Crippen molar-refractivity contribution < 1.29 is 28.9 Å². The van der Waals surface area contributed by atoms with Gasteiger partial charge in [0, 0.05) is 25.6 Å². The van der Waals surface area contributed by atoms with Crippen molar-refractivity contribution in [1.29, 1.82) is 0 Å². The zero-order valence-corrected chi connectivity index (χ0v) is 17.8. The Kier molecular flexibility index (Phi) is 5.69. The van der Waals surface area contributed by atoms with Gasteiger partial charge in [0.2, 0.25) is 0 Å². The van der Waals surface area contributed by atoms with Crippen LogP contribution in [0, 0.1) is 0 Å². The maximum atomic E-state index is 13.0. The van der Waals surface area contributed by atoms with Gasteiger partial charge >= 0.3 is 0 Å². The highest BCUT2D eigenvalue weighted by molar-refractivity contribution is 6.46. The Bertz CT molecular complexity index is 1040. The first-order chi connectivity index (χ1) is 14.9. The van der Waals surface area contributed by atoms with E-state index in [1.165, 1.54) is 12.0 Å². The Morgan fingerprint density at radius 2 is 1.90 bits per heavy atom. The predicted octanol–water partition coefficient (Wildman–Crippen LogP) is 3.09. The standard InChI is InChI=1S/C24H25NO6/c1-14-12-17-13-16(6-9-19(17)31-14)22(26)20-21(15-4-7-18(30-3)8-5-15)25(10-11-29-2)24(28)23(20)27/h4-9,13-14,21,26H,10-12H2,1-3H3/b22-20+/t14-,21+/m0/s1. The van der Waals surface area contributed by atoms with Gasteiger partial charge in [-0.05, 0) is 48.4 Å². The Hall–Kier alpha value is -3.32. The van der Waals surface area contributed by atoms with E-state index >= 15 is 0 Å². The van der Waals surface area contributed by atoms with Gasteiger partial charge in [-0.2, -0.15) is 0 Å². The number of Topliss-reactive ketones (excluding diaryl/α,β-unsaturated/α-hetero) is 1. The molecule has 7 nitrogen and oxygen atoms in total. The average Bonchev–Trinajstić information content (AvgIpc) is 3.27. The van der Waals surface area contributed by atoms with Crippen LogP contribution < -0.4 is 9.47 Å². The molecule has 31 heavy (non-hydrogen) atoms. The molecule has 0 aliphatic carbocycles. The number of fused-ring (bicyclic) bond motifs is 1. The molecule has 2 aliphatic rings. The van der Waals surface area contributed by atoms with Gasteiger partial charge in [-0.1, -0.05) is 12.1 Å². The SMILES string of the molecule is COCCN1C(=O)C(=O)/C(=C(/O)c2ccc3c(c2)C[C@H](C)O3)[C@H]1c1ccc(OC)cc1. The molecule has 2 atom stereocenters. The summed E-state index contributed by atoms with van der Waals surface area (Å²) in [7, 11) is 3.10. The molecule has 2 heterocycles. The van der Waals surface area contributed by atoms with Crippen LogP contribution in [0.3, 0.4) is 0 Å². The number of hydrogen-bond donors (Lipinski definition) is 1. The van der Waals surface area contributed by atoms with Gasteiger partial charge in [-0.3, -0.25) is 9.59 Å². The van der Waals surface area contributed by atoms with Crippen molar-refractivity contribution in [2.24, 2.45) is 0 Å². The molecule has 162 valence electrons. The van der Waals surface area contributed by atoms with Crippen molar-refractivity contribution in [1.82, 2.24) is 4.90 Å². The van der Waals surface area contributed by atoms with Crippen molar-refractivity contribution in [2.45, 2.75) is 25.5 Å². The minimum Gasteiger partial charge on any atom is -0.507 e. The molecule has 1 fully saturated rings. The van der Waals surface area contributed by atoms with E-state index in [-0.39, 0.29) is 30.6 Å². The van der Waals surface area contributed by atoms with Crippen LogP contribution >= 0.6 is 0 Å². The maximum absolute atomic E-state index is 13.0. The molecule has 0 saturated carbocycles. The Balaban J connectivity index is 1.81. The molecule has 1 N–H and O–H groups in total. The monoisotopic (exact) mass is 423 g/mol. The van der Waals surface area contributed by atoms with E-state index in [0.29, 0.717) is 16.9 Å². The third-order valence-corrected chi connectivity index (χ3v) is 5.68. The molecule has 1 amide bonds. The molecule has 2 aliphatic heterocycles. The lowest BCUT2D eigenvalue weighted by atomic mass is 9.94. The van der Waals surface area contributed by atoms with Crippen molar-refractivity contribution >= 4 is 17.4 Å². The van der Waals surface area contributed by atoms with Crippen LogP contribution in [-0.4, -0.2) is 55.2 Å². The number of aliphatic hydroxyl groups excluding tert-OH is 1. The number of carbonyl (C=O) groups is 2. The van der Waals surface area contributed by atoms with Crippen LogP contribution in [0.5, 0.6) is 11.5 Å².